The average molecular weight is 1380 g/mol. The van der Waals surface area contributed by atoms with Gasteiger partial charge in [-0.15, -0.1) is 0 Å². The molecule has 0 spiro atoms. The lowest BCUT2D eigenvalue weighted by Gasteiger charge is -2.48. The average Bonchev–Trinajstić information content (AvgIpc) is 0.797. The predicted molar refractivity (Wildman–Crippen MR) is 383 cm³/mol. The van der Waals surface area contributed by atoms with E-state index in [2.05, 4.69) is 55.6 Å². The molecule has 3 rings (SSSR count). The van der Waals surface area contributed by atoms with E-state index in [9.17, 15) is 61.0 Å². The number of hydrogen-bond donors (Lipinski definition) is 12. The van der Waals surface area contributed by atoms with E-state index in [0.29, 0.717) is 6.42 Å². The van der Waals surface area contributed by atoms with Crippen LogP contribution in [-0.4, -0.2) is 193 Å². The van der Waals surface area contributed by atoms with Crippen LogP contribution in [0.15, 0.2) is 48.6 Å². The van der Waals surface area contributed by atoms with Crippen molar-refractivity contribution in [3.8, 4) is 0 Å². The molecule has 0 aromatic carbocycles. The highest BCUT2D eigenvalue weighted by Crippen LogP contribution is 2.33. The van der Waals surface area contributed by atoms with Gasteiger partial charge in [-0.2, -0.15) is 0 Å². The molecular weight excluding hydrogens is 1240 g/mol. The Kier molecular flexibility index (Phi) is 54.3. The van der Waals surface area contributed by atoms with Gasteiger partial charge < -0.3 is 89.9 Å². The fraction of sp³-hybridized carbons (Fsp3) is 0.885. The van der Waals surface area contributed by atoms with Gasteiger partial charge in [0.25, 0.3) is 0 Å². The predicted octanol–water partition coefficient (Wildman–Crippen LogP) is 12.5. The van der Waals surface area contributed by atoms with Crippen LogP contribution in [0.5, 0.6) is 0 Å². The first-order chi connectivity index (χ1) is 47.3. The summed E-state index contributed by atoms with van der Waals surface area (Å²) in [5.41, 5.74) is 0. The van der Waals surface area contributed by atoms with Gasteiger partial charge in [0.05, 0.1) is 38.6 Å². The van der Waals surface area contributed by atoms with E-state index in [1.165, 1.54) is 212 Å². The van der Waals surface area contributed by atoms with Gasteiger partial charge in [-0.05, 0) is 57.8 Å². The lowest BCUT2D eigenvalue weighted by molar-refractivity contribution is -0.379. The number of ether oxygens (including phenoxy) is 6. The highest BCUT2D eigenvalue weighted by molar-refractivity contribution is 5.76. The number of allylic oxidation sites excluding steroid dienone is 7. The smallest absolute Gasteiger partial charge is 0.220 e. The van der Waals surface area contributed by atoms with Crippen molar-refractivity contribution in [3.05, 3.63) is 48.6 Å². The molecule has 0 bridgehead atoms. The number of aliphatic hydroxyl groups excluding tert-OH is 11. The molecule has 12 N–H and O–H groups in total. The second-order valence-electron chi connectivity index (χ2n) is 28.2. The summed E-state index contributed by atoms with van der Waals surface area (Å²) in [5.74, 6) is -0.277. The van der Waals surface area contributed by atoms with Crippen molar-refractivity contribution in [1.29, 1.82) is 0 Å². The summed E-state index contributed by atoms with van der Waals surface area (Å²) in [6.07, 6.45) is 46.6. The molecule has 3 aliphatic rings. The summed E-state index contributed by atoms with van der Waals surface area (Å²) >= 11 is 0. The van der Waals surface area contributed by atoms with E-state index in [-0.39, 0.29) is 18.9 Å². The molecule has 3 saturated heterocycles. The Balaban J connectivity index is 1.40. The Morgan fingerprint density at radius 1 is 0.371 bits per heavy atom. The normalized spacial score (nSPS) is 27.1. The molecule has 3 aliphatic heterocycles. The molecule has 1 amide bonds. The van der Waals surface area contributed by atoms with Crippen LogP contribution in [0, 0.1) is 0 Å². The van der Waals surface area contributed by atoms with E-state index < -0.39 is 124 Å². The summed E-state index contributed by atoms with van der Waals surface area (Å²) < 4.78 is 34.4. The quantitative estimate of drug-likeness (QED) is 0.0199. The zero-order chi connectivity index (χ0) is 70.4. The molecule has 0 aromatic rings. The zero-order valence-corrected chi connectivity index (χ0v) is 60.6. The highest BCUT2D eigenvalue weighted by Gasteiger charge is 2.53. The molecule has 0 aromatic heterocycles. The molecule has 17 atom stereocenters. The molecule has 97 heavy (non-hydrogen) atoms. The summed E-state index contributed by atoms with van der Waals surface area (Å²) in [7, 11) is 0. The number of hydrogen-bond acceptors (Lipinski definition) is 18. The van der Waals surface area contributed by atoms with Crippen LogP contribution in [0.1, 0.15) is 309 Å². The second-order valence-corrected chi connectivity index (χ2v) is 28.2. The number of carbonyl (C=O) groups excluding carboxylic acids is 1. The lowest BCUT2D eigenvalue weighted by atomic mass is 9.96. The minimum Gasteiger partial charge on any atom is -0.394 e. The van der Waals surface area contributed by atoms with Crippen molar-refractivity contribution in [3.63, 3.8) is 0 Å². The summed E-state index contributed by atoms with van der Waals surface area (Å²) in [4.78, 5) is 13.5. The number of amides is 1. The van der Waals surface area contributed by atoms with Gasteiger partial charge in [-0.25, -0.2) is 0 Å². The van der Waals surface area contributed by atoms with Crippen LogP contribution >= 0.6 is 0 Å². The molecule has 0 radical (unpaired) electrons. The molecule has 0 aliphatic carbocycles. The fourth-order valence-corrected chi connectivity index (χ4v) is 13.3. The first-order valence-corrected chi connectivity index (χ1v) is 39.4. The Hall–Kier alpha value is -2.25. The molecule has 568 valence electrons. The molecule has 19 nitrogen and oxygen atoms in total. The zero-order valence-electron chi connectivity index (χ0n) is 60.6. The van der Waals surface area contributed by atoms with Crippen molar-refractivity contribution in [2.75, 3.05) is 26.4 Å². The topological polar surface area (TPSA) is 307 Å². The van der Waals surface area contributed by atoms with Gasteiger partial charge in [0.15, 0.2) is 18.9 Å². The minimum absolute atomic E-state index is 0.238. The molecule has 19 heteroatoms. The maximum Gasteiger partial charge on any atom is 0.220 e. The van der Waals surface area contributed by atoms with Crippen molar-refractivity contribution in [2.45, 2.75) is 413 Å². The summed E-state index contributed by atoms with van der Waals surface area (Å²) in [6.45, 7) is 1.76. The summed E-state index contributed by atoms with van der Waals surface area (Å²) in [5, 5.41) is 121. The van der Waals surface area contributed by atoms with Gasteiger partial charge in [-0.1, -0.05) is 294 Å². The van der Waals surface area contributed by atoms with E-state index in [1.807, 2.05) is 6.08 Å². The van der Waals surface area contributed by atoms with Gasteiger partial charge in [0.1, 0.15) is 73.2 Å². The van der Waals surface area contributed by atoms with Crippen LogP contribution in [-0.2, 0) is 33.2 Å². The van der Waals surface area contributed by atoms with Crippen molar-refractivity contribution < 1.29 is 89.4 Å². The molecule has 3 fully saturated rings. The lowest BCUT2D eigenvalue weighted by Crippen LogP contribution is -2.66. The van der Waals surface area contributed by atoms with Crippen LogP contribution in [0.2, 0.25) is 0 Å². The van der Waals surface area contributed by atoms with Crippen LogP contribution < -0.4 is 5.32 Å². The first kappa shape index (κ1) is 89.0. The number of rotatable bonds is 62. The fourth-order valence-electron chi connectivity index (χ4n) is 13.3. The van der Waals surface area contributed by atoms with E-state index >= 15 is 0 Å². The Morgan fingerprint density at radius 3 is 1.06 bits per heavy atom. The third-order valence-electron chi connectivity index (χ3n) is 19.6. The van der Waals surface area contributed by atoms with Gasteiger partial charge in [0.2, 0.25) is 5.91 Å². The van der Waals surface area contributed by atoms with Crippen molar-refractivity contribution >= 4 is 5.91 Å². The SMILES string of the molecule is CCCCCCC/C=C\C/C=C\C/C=C\CCCCCCCCCCCCC(=O)NC(COC1OC(CO)C(OC2OC(CO)C(OC3OC(CO)C(O)C(O)C3O)C(O)C2O)C(O)C1O)C(O)/C=C/CCCCCCCCCCCCCCCCCCCCCCCCCCC. The van der Waals surface area contributed by atoms with Gasteiger partial charge >= 0.3 is 0 Å². The Labute approximate surface area is 586 Å². The second kappa shape index (κ2) is 59.2. The van der Waals surface area contributed by atoms with Crippen LogP contribution in [0.4, 0.5) is 0 Å². The minimum atomic E-state index is -1.98. The monoisotopic (exact) mass is 1380 g/mol. The number of unbranched alkanes of at least 4 members (excludes halogenated alkanes) is 40. The summed E-state index contributed by atoms with van der Waals surface area (Å²) in [6, 6.07) is -0.978. The van der Waals surface area contributed by atoms with Crippen molar-refractivity contribution in [1.82, 2.24) is 5.32 Å². The largest absolute Gasteiger partial charge is 0.394 e. The highest BCUT2D eigenvalue weighted by atomic mass is 16.8. The Bertz CT molecular complexity index is 1940. The van der Waals surface area contributed by atoms with Gasteiger partial charge in [0, 0.05) is 6.42 Å². The molecule has 0 saturated carbocycles. The first-order valence-electron chi connectivity index (χ1n) is 39.4. The van der Waals surface area contributed by atoms with E-state index in [0.717, 1.165) is 70.6 Å². The van der Waals surface area contributed by atoms with Crippen molar-refractivity contribution in [2.24, 2.45) is 0 Å². The molecular formula is C78H143NO18. The third-order valence-corrected chi connectivity index (χ3v) is 19.6. The van der Waals surface area contributed by atoms with E-state index in [4.69, 9.17) is 28.4 Å². The number of aliphatic hydroxyl groups is 11. The maximum absolute atomic E-state index is 13.5. The third kappa shape index (κ3) is 39.8. The van der Waals surface area contributed by atoms with Crippen LogP contribution in [0.3, 0.4) is 0 Å². The van der Waals surface area contributed by atoms with E-state index in [1.54, 1.807) is 6.08 Å². The standard InChI is InChI=1S/C78H143NO18/c1-3-5-7-9-11-13-15-17-19-21-23-25-27-29-30-32-33-35-37-39-41-43-45-47-49-51-53-55-62(83)61(79-66(84)56-54-52-50-48-46-44-42-40-38-36-34-31-28-26-24-22-20-18-16-14-12-10-8-6-4-2)60-92-76-72(90)69(87)74(64(58-81)94-76)97-78-73(91)70(88)75(65(59-82)95-78)96-77-71(89)68(86)67(85)63(57-80)93-77/h16,18,22,24,28,31,53,55,61-65,67-78,80-83,85-91H,3-15,17,19-21,23,25-27,29-30,32-52,54,56-60H2,1-2H3,(H,79,84)/b18-16-,24-22-,31-28-,55-53+. The Morgan fingerprint density at radius 2 is 0.680 bits per heavy atom. The maximum atomic E-state index is 13.5. The molecule has 3 heterocycles. The van der Waals surface area contributed by atoms with Crippen LogP contribution in [0.25, 0.3) is 0 Å². The molecule has 17 unspecified atom stereocenters. The number of carbonyl (C=O) groups is 1. The number of nitrogens with one attached hydrogen (secondary N) is 1. The van der Waals surface area contributed by atoms with Gasteiger partial charge in [-0.3, -0.25) is 4.79 Å².